The number of thiol groups is 1. The molecule has 1 atom stereocenters. The van der Waals surface area contributed by atoms with Gasteiger partial charge in [0.25, 0.3) is 0 Å². The second kappa shape index (κ2) is 3.14. The first-order chi connectivity index (χ1) is 5.79. The van der Waals surface area contributed by atoms with Gasteiger partial charge in [-0.2, -0.15) is 0 Å². The molecule has 1 heteroatoms. The van der Waals surface area contributed by atoms with E-state index in [1.165, 1.54) is 35.3 Å². The predicted octanol–water partition coefficient (Wildman–Crippen LogP) is 3.42. The van der Waals surface area contributed by atoms with E-state index in [0.29, 0.717) is 5.92 Å². The van der Waals surface area contributed by atoms with Crippen LogP contribution in [-0.4, -0.2) is 0 Å². The van der Waals surface area contributed by atoms with E-state index in [4.69, 9.17) is 0 Å². The van der Waals surface area contributed by atoms with Gasteiger partial charge in [0.1, 0.15) is 0 Å². The van der Waals surface area contributed by atoms with Crippen LogP contribution in [0.1, 0.15) is 36.8 Å². The fraction of sp³-hybridized carbons (Fsp3) is 0.455. The van der Waals surface area contributed by atoms with E-state index >= 15 is 0 Å². The molecule has 0 aromatic heterocycles. The number of aryl methyl sites for hydroxylation is 1. The smallest absolute Gasteiger partial charge is 0.00775 e. The molecule has 1 aromatic carbocycles. The fourth-order valence-electron chi connectivity index (χ4n) is 2.13. The molecule has 64 valence electrons. The minimum atomic E-state index is 0.711. The summed E-state index contributed by atoms with van der Waals surface area (Å²) in [7, 11) is 0. The van der Waals surface area contributed by atoms with Crippen molar-refractivity contribution in [3.05, 3.63) is 29.3 Å². The zero-order valence-electron chi connectivity index (χ0n) is 7.38. The van der Waals surface area contributed by atoms with Gasteiger partial charge < -0.3 is 0 Å². The van der Waals surface area contributed by atoms with Crippen LogP contribution in [0.3, 0.4) is 0 Å². The van der Waals surface area contributed by atoms with E-state index in [1.54, 1.807) is 0 Å². The van der Waals surface area contributed by atoms with Crippen LogP contribution >= 0.6 is 12.6 Å². The van der Waals surface area contributed by atoms with Gasteiger partial charge in [-0.1, -0.05) is 19.1 Å². The number of hydrogen-bond acceptors (Lipinski definition) is 1. The molecule has 0 nitrogen and oxygen atoms in total. The van der Waals surface area contributed by atoms with Gasteiger partial charge in [-0.05, 0) is 42.4 Å². The average Bonchev–Trinajstić information content (AvgIpc) is 2.04. The maximum absolute atomic E-state index is 4.49. The first-order valence-electron chi connectivity index (χ1n) is 4.60. The van der Waals surface area contributed by atoms with Crippen molar-refractivity contribution in [3.8, 4) is 0 Å². The molecule has 0 radical (unpaired) electrons. The van der Waals surface area contributed by atoms with Crippen LogP contribution in [0.2, 0.25) is 0 Å². The zero-order chi connectivity index (χ0) is 8.55. The van der Waals surface area contributed by atoms with Crippen LogP contribution in [0.5, 0.6) is 0 Å². The Labute approximate surface area is 79.4 Å². The largest absolute Gasteiger partial charge is 0.143 e. The summed E-state index contributed by atoms with van der Waals surface area (Å²) in [4.78, 5) is 1.18. The molecule has 0 fully saturated rings. The second-order valence-electron chi connectivity index (χ2n) is 3.64. The lowest BCUT2D eigenvalue weighted by atomic mass is 9.84. The molecule has 0 bridgehead atoms. The molecule has 0 saturated carbocycles. The number of fused-ring (bicyclic) bond motifs is 1. The minimum Gasteiger partial charge on any atom is -0.143 e. The maximum Gasteiger partial charge on any atom is 0.00775 e. The number of rotatable bonds is 0. The predicted molar refractivity (Wildman–Crippen MR) is 55.0 cm³/mol. The van der Waals surface area contributed by atoms with Gasteiger partial charge in [0.2, 0.25) is 0 Å². The Bertz CT molecular complexity index is 291. The van der Waals surface area contributed by atoms with Crippen molar-refractivity contribution in [3.63, 3.8) is 0 Å². The summed E-state index contributed by atoms with van der Waals surface area (Å²) in [5.41, 5.74) is 3.01. The Balaban J connectivity index is 2.53. The number of benzene rings is 1. The van der Waals surface area contributed by atoms with Crippen molar-refractivity contribution in [2.75, 3.05) is 0 Å². The van der Waals surface area contributed by atoms with Gasteiger partial charge in [0.05, 0.1) is 0 Å². The van der Waals surface area contributed by atoms with Crippen molar-refractivity contribution in [1.29, 1.82) is 0 Å². The highest BCUT2D eigenvalue weighted by molar-refractivity contribution is 7.80. The van der Waals surface area contributed by atoms with Crippen molar-refractivity contribution < 1.29 is 0 Å². The first-order valence-corrected chi connectivity index (χ1v) is 5.04. The lowest BCUT2D eigenvalue weighted by Crippen LogP contribution is -2.07. The van der Waals surface area contributed by atoms with Crippen molar-refractivity contribution >= 4 is 12.6 Å². The topological polar surface area (TPSA) is 0 Å². The summed E-state index contributed by atoms with van der Waals surface area (Å²) in [6.07, 6.45) is 3.91. The lowest BCUT2D eigenvalue weighted by molar-refractivity contribution is 0.581. The molecule has 1 aliphatic carbocycles. The monoisotopic (exact) mass is 178 g/mol. The zero-order valence-corrected chi connectivity index (χ0v) is 8.27. The molecular weight excluding hydrogens is 164 g/mol. The first kappa shape index (κ1) is 8.18. The van der Waals surface area contributed by atoms with Crippen LogP contribution in [-0.2, 0) is 6.42 Å². The third-order valence-corrected chi connectivity index (χ3v) is 3.14. The van der Waals surface area contributed by atoms with Gasteiger partial charge in [0.15, 0.2) is 0 Å². The molecular formula is C11H14S. The van der Waals surface area contributed by atoms with Crippen molar-refractivity contribution in [2.45, 2.75) is 37.0 Å². The molecule has 0 saturated heterocycles. The van der Waals surface area contributed by atoms with E-state index in [-0.39, 0.29) is 0 Å². The van der Waals surface area contributed by atoms with E-state index in [2.05, 4.69) is 37.8 Å². The maximum atomic E-state index is 4.49. The van der Waals surface area contributed by atoms with Crippen molar-refractivity contribution in [1.82, 2.24) is 0 Å². The molecule has 0 heterocycles. The van der Waals surface area contributed by atoms with Gasteiger partial charge in [-0.3, -0.25) is 0 Å². The van der Waals surface area contributed by atoms with E-state index < -0.39 is 0 Å². The number of hydrogen-bond donors (Lipinski definition) is 1. The Morgan fingerprint density at radius 1 is 1.42 bits per heavy atom. The third-order valence-electron chi connectivity index (χ3n) is 2.75. The Morgan fingerprint density at radius 3 is 3.00 bits per heavy atom. The molecule has 12 heavy (non-hydrogen) atoms. The summed E-state index contributed by atoms with van der Waals surface area (Å²) < 4.78 is 0. The molecule has 0 N–H and O–H groups in total. The molecule has 0 amide bonds. The molecule has 0 spiro atoms. The molecule has 0 aliphatic heterocycles. The Kier molecular flexibility index (Phi) is 2.14. The summed E-state index contributed by atoms with van der Waals surface area (Å²) in [6, 6.07) is 6.45. The highest BCUT2D eigenvalue weighted by Crippen LogP contribution is 2.34. The molecule has 1 aromatic rings. The Hall–Kier alpha value is -0.430. The Morgan fingerprint density at radius 2 is 2.25 bits per heavy atom. The SMILES string of the molecule is CC1CCCc2cccc(S)c21. The van der Waals surface area contributed by atoms with Crippen LogP contribution in [0, 0.1) is 0 Å². The third kappa shape index (κ3) is 1.27. The molecule has 1 unspecified atom stereocenters. The summed E-state index contributed by atoms with van der Waals surface area (Å²) in [5, 5.41) is 0. The molecule has 2 rings (SSSR count). The highest BCUT2D eigenvalue weighted by atomic mass is 32.1. The fourth-order valence-corrected chi connectivity index (χ4v) is 2.58. The van der Waals surface area contributed by atoms with Gasteiger partial charge >= 0.3 is 0 Å². The second-order valence-corrected chi connectivity index (χ2v) is 4.13. The summed E-state index contributed by atoms with van der Waals surface area (Å²) in [5.74, 6) is 0.711. The van der Waals surface area contributed by atoms with Crippen LogP contribution < -0.4 is 0 Å². The van der Waals surface area contributed by atoms with Crippen molar-refractivity contribution in [2.24, 2.45) is 0 Å². The van der Waals surface area contributed by atoms with Crippen LogP contribution in [0.4, 0.5) is 0 Å². The highest BCUT2D eigenvalue weighted by Gasteiger charge is 2.17. The molecule has 1 aliphatic rings. The standard InChI is InChI=1S/C11H14S/c1-8-4-2-5-9-6-3-7-10(12)11(8)9/h3,6-8,12H,2,4-5H2,1H3. The normalized spacial score (nSPS) is 22.0. The van der Waals surface area contributed by atoms with Gasteiger partial charge in [-0.15, -0.1) is 12.6 Å². The van der Waals surface area contributed by atoms with E-state index in [1.807, 2.05) is 0 Å². The minimum absolute atomic E-state index is 0.711. The van der Waals surface area contributed by atoms with Gasteiger partial charge in [-0.25, -0.2) is 0 Å². The van der Waals surface area contributed by atoms with Gasteiger partial charge in [0, 0.05) is 4.90 Å². The summed E-state index contributed by atoms with van der Waals surface area (Å²) >= 11 is 4.49. The van der Waals surface area contributed by atoms with Crippen LogP contribution in [0.15, 0.2) is 23.1 Å². The van der Waals surface area contributed by atoms with Crippen LogP contribution in [0.25, 0.3) is 0 Å². The quantitative estimate of drug-likeness (QED) is 0.578. The summed E-state index contributed by atoms with van der Waals surface area (Å²) in [6.45, 7) is 2.30. The lowest BCUT2D eigenvalue weighted by Gasteiger charge is -2.23. The van der Waals surface area contributed by atoms with E-state index in [0.717, 1.165) is 0 Å². The van der Waals surface area contributed by atoms with E-state index in [9.17, 15) is 0 Å². The average molecular weight is 178 g/mol.